The molecule has 0 aliphatic rings. The van der Waals surface area contributed by atoms with E-state index in [0.717, 1.165) is 25.7 Å². The van der Waals surface area contributed by atoms with Gasteiger partial charge in [-0.25, -0.2) is 0 Å². The Labute approximate surface area is 126 Å². The van der Waals surface area contributed by atoms with Crippen LogP contribution in [0.3, 0.4) is 0 Å². The highest BCUT2D eigenvalue weighted by atomic mass is 31.2. The van der Waals surface area contributed by atoms with E-state index in [-0.39, 0.29) is 5.31 Å². The van der Waals surface area contributed by atoms with Crippen LogP contribution in [0.5, 0.6) is 0 Å². The third kappa shape index (κ3) is 5.89. The zero-order valence-corrected chi connectivity index (χ0v) is 13.5. The number of allylic oxidation sites excluding steroid dienone is 1. The van der Waals surface area contributed by atoms with Gasteiger partial charge in [-0.05, 0) is 25.0 Å². The molecule has 21 heavy (non-hydrogen) atoms. The number of nitriles is 1. The molecule has 0 saturated heterocycles. The van der Waals surface area contributed by atoms with Crippen molar-refractivity contribution in [1.82, 2.24) is 0 Å². The first kappa shape index (κ1) is 17.7. The Bertz CT molecular complexity index is 502. The molecular weight excluding hydrogens is 289 g/mol. The zero-order valence-electron chi connectivity index (χ0n) is 12.6. The summed E-state index contributed by atoms with van der Waals surface area (Å²) in [6.07, 6.45) is 6.26. The SMILES string of the molecule is CCCCOP(=O)(OCCCC)/C(C#N)=C\c1ccco1. The van der Waals surface area contributed by atoms with Crippen LogP contribution in [0, 0.1) is 11.3 Å². The van der Waals surface area contributed by atoms with E-state index in [9.17, 15) is 9.83 Å². The van der Waals surface area contributed by atoms with Crippen molar-refractivity contribution in [3.63, 3.8) is 0 Å². The number of furan rings is 1. The Morgan fingerprint density at radius 2 is 1.95 bits per heavy atom. The van der Waals surface area contributed by atoms with Gasteiger partial charge in [-0.1, -0.05) is 26.7 Å². The van der Waals surface area contributed by atoms with E-state index in [1.165, 1.54) is 12.3 Å². The van der Waals surface area contributed by atoms with Crippen LogP contribution < -0.4 is 0 Å². The van der Waals surface area contributed by atoms with Crippen LogP contribution in [-0.4, -0.2) is 13.2 Å². The van der Waals surface area contributed by atoms with Crippen LogP contribution >= 0.6 is 7.60 Å². The molecule has 0 aliphatic heterocycles. The molecule has 0 amide bonds. The molecule has 0 N–H and O–H groups in total. The summed E-state index contributed by atoms with van der Waals surface area (Å²) < 4.78 is 28.8. The monoisotopic (exact) mass is 311 g/mol. The lowest BCUT2D eigenvalue weighted by molar-refractivity contribution is 0.206. The number of hydrogen-bond donors (Lipinski definition) is 0. The fourth-order valence-electron chi connectivity index (χ4n) is 1.52. The van der Waals surface area contributed by atoms with Gasteiger partial charge in [0.15, 0.2) is 0 Å². The summed E-state index contributed by atoms with van der Waals surface area (Å²) in [5.41, 5.74) is 0. The maximum Gasteiger partial charge on any atom is 0.371 e. The van der Waals surface area contributed by atoms with Gasteiger partial charge in [0.1, 0.15) is 17.1 Å². The Hall–Kier alpha value is -1.34. The van der Waals surface area contributed by atoms with Crippen molar-refractivity contribution < 1.29 is 18.0 Å². The molecule has 1 heterocycles. The van der Waals surface area contributed by atoms with Crippen molar-refractivity contribution in [3.8, 4) is 6.07 Å². The summed E-state index contributed by atoms with van der Waals surface area (Å²) in [4.78, 5) is 0. The van der Waals surface area contributed by atoms with E-state index >= 15 is 0 Å². The van der Waals surface area contributed by atoms with Crippen LogP contribution in [0.15, 0.2) is 28.1 Å². The van der Waals surface area contributed by atoms with Gasteiger partial charge in [0.05, 0.1) is 19.5 Å². The van der Waals surface area contributed by atoms with Gasteiger partial charge in [0.2, 0.25) is 0 Å². The van der Waals surface area contributed by atoms with E-state index in [1.54, 1.807) is 12.1 Å². The summed E-state index contributed by atoms with van der Waals surface area (Å²) in [7, 11) is -3.59. The van der Waals surface area contributed by atoms with Gasteiger partial charge < -0.3 is 13.5 Å². The van der Waals surface area contributed by atoms with Gasteiger partial charge >= 0.3 is 7.60 Å². The third-order valence-electron chi connectivity index (χ3n) is 2.75. The molecule has 6 heteroatoms. The Balaban J connectivity index is 2.91. The van der Waals surface area contributed by atoms with E-state index < -0.39 is 7.60 Å². The average molecular weight is 311 g/mol. The van der Waals surface area contributed by atoms with Crippen LogP contribution in [0.1, 0.15) is 45.3 Å². The number of unbranched alkanes of at least 4 members (excludes halogenated alkanes) is 2. The van der Waals surface area contributed by atoms with Crippen LogP contribution in [0.4, 0.5) is 0 Å². The molecule has 0 bridgehead atoms. The lowest BCUT2D eigenvalue weighted by atomic mass is 10.4. The lowest BCUT2D eigenvalue weighted by Crippen LogP contribution is -2.01. The number of nitrogens with zero attached hydrogens (tertiary/aromatic N) is 1. The molecule has 0 radical (unpaired) electrons. The molecule has 1 rings (SSSR count). The minimum atomic E-state index is -3.59. The molecule has 0 spiro atoms. The van der Waals surface area contributed by atoms with E-state index in [2.05, 4.69) is 0 Å². The summed E-state index contributed by atoms with van der Waals surface area (Å²) in [6, 6.07) is 5.30. The van der Waals surface area contributed by atoms with E-state index in [4.69, 9.17) is 13.5 Å². The second-order valence-corrected chi connectivity index (χ2v) is 6.52. The number of rotatable bonds is 10. The molecule has 116 valence electrons. The summed E-state index contributed by atoms with van der Waals surface area (Å²) >= 11 is 0. The Morgan fingerprint density at radius 1 is 1.33 bits per heavy atom. The summed E-state index contributed by atoms with van der Waals surface area (Å²) in [5, 5.41) is 9.26. The van der Waals surface area contributed by atoms with Crippen LogP contribution in [0.2, 0.25) is 0 Å². The van der Waals surface area contributed by atoms with Gasteiger partial charge in [-0.15, -0.1) is 0 Å². The average Bonchev–Trinajstić information content (AvgIpc) is 2.98. The molecule has 0 saturated carbocycles. The van der Waals surface area contributed by atoms with E-state index in [0.29, 0.717) is 19.0 Å². The molecule has 0 unspecified atom stereocenters. The fraction of sp³-hybridized carbons (Fsp3) is 0.533. The topological polar surface area (TPSA) is 72.5 Å². The van der Waals surface area contributed by atoms with Gasteiger partial charge in [-0.3, -0.25) is 4.57 Å². The normalized spacial score (nSPS) is 12.3. The second-order valence-electron chi connectivity index (χ2n) is 4.53. The molecule has 0 fully saturated rings. The molecule has 0 atom stereocenters. The minimum Gasteiger partial charge on any atom is -0.465 e. The smallest absolute Gasteiger partial charge is 0.371 e. The molecule has 0 aliphatic carbocycles. The summed E-state index contributed by atoms with van der Waals surface area (Å²) in [5.74, 6) is 0.449. The van der Waals surface area contributed by atoms with Crippen molar-refractivity contribution >= 4 is 13.7 Å². The maximum absolute atomic E-state index is 12.8. The van der Waals surface area contributed by atoms with Crippen molar-refractivity contribution in [1.29, 1.82) is 5.26 Å². The Kier molecular flexibility index (Phi) is 8.07. The van der Waals surface area contributed by atoms with Crippen molar-refractivity contribution in [2.45, 2.75) is 39.5 Å². The molecular formula is C15H22NO4P. The highest BCUT2D eigenvalue weighted by Gasteiger charge is 2.31. The first-order chi connectivity index (χ1) is 10.2. The first-order valence-electron chi connectivity index (χ1n) is 7.21. The highest BCUT2D eigenvalue weighted by Crippen LogP contribution is 2.56. The second kappa shape index (κ2) is 9.57. The lowest BCUT2D eigenvalue weighted by Gasteiger charge is -2.17. The van der Waals surface area contributed by atoms with Gasteiger partial charge in [0, 0.05) is 6.08 Å². The quantitative estimate of drug-likeness (QED) is 0.346. The maximum atomic E-state index is 12.8. The van der Waals surface area contributed by atoms with Gasteiger partial charge in [-0.2, -0.15) is 5.26 Å². The minimum absolute atomic E-state index is 0.0235. The predicted molar refractivity (Wildman–Crippen MR) is 81.6 cm³/mol. The first-order valence-corrected chi connectivity index (χ1v) is 8.75. The van der Waals surface area contributed by atoms with Crippen molar-refractivity contribution in [3.05, 3.63) is 29.5 Å². The standard InChI is InChI=1S/C15H22NO4P/c1-3-5-10-19-21(17,20-11-6-4-2)15(13-16)12-14-8-7-9-18-14/h7-9,12H,3-6,10-11H2,1-2H3/b15-12-. The predicted octanol–water partition coefficient (Wildman–Crippen LogP) is 4.97. The summed E-state index contributed by atoms with van der Waals surface area (Å²) in [6.45, 7) is 4.63. The van der Waals surface area contributed by atoms with E-state index in [1.807, 2.05) is 19.9 Å². The molecule has 1 aromatic heterocycles. The third-order valence-corrected chi connectivity index (χ3v) is 4.61. The number of hydrogen-bond acceptors (Lipinski definition) is 5. The van der Waals surface area contributed by atoms with Crippen molar-refractivity contribution in [2.24, 2.45) is 0 Å². The largest absolute Gasteiger partial charge is 0.465 e. The van der Waals surface area contributed by atoms with Crippen LogP contribution in [-0.2, 0) is 13.6 Å². The fourth-order valence-corrected chi connectivity index (χ4v) is 3.01. The zero-order chi connectivity index (χ0) is 15.6. The highest BCUT2D eigenvalue weighted by molar-refractivity contribution is 7.59. The van der Waals surface area contributed by atoms with Crippen LogP contribution in [0.25, 0.3) is 6.08 Å². The molecule has 1 aromatic rings. The molecule has 0 aromatic carbocycles. The van der Waals surface area contributed by atoms with Crippen molar-refractivity contribution in [2.75, 3.05) is 13.2 Å². The van der Waals surface area contributed by atoms with Gasteiger partial charge in [0.25, 0.3) is 0 Å². The molecule has 5 nitrogen and oxygen atoms in total. The Morgan fingerprint density at radius 3 is 2.38 bits per heavy atom.